The summed E-state index contributed by atoms with van der Waals surface area (Å²) in [7, 11) is 0. The molecule has 32 valence electrons. The minimum absolute atomic E-state index is 0. The molecule has 0 aliphatic heterocycles. The van der Waals surface area contributed by atoms with E-state index in [9.17, 15) is 0 Å². The Bertz CT molecular complexity index is 8.00. The SMILES string of the molecule is [Cl-].[NH4+].[O]=[Pd]. The number of hydrogen-bond acceptors (Lipinski definition) is 1. The van der Waals surface area contributed by atoms with E-state index in [4.69, 9.17) is 3.47 Å². The van der Waals surface area contributed by atoms with E-state index in [-0.39, 0.29) is 18.6 Å². The molecule has 0 heterocycles. The second-order valence-electron chi connectivity index (χ2n) is 0. The van der Waals surface area contributed by atoms with Crippen LogP contribution in [-0.4, -0.2) is 0 Å². The van der Waals surface area contributed by atoms with Crippen LogP contribution in [0.25, 0.3) is 0 Å². The summed E-state index contributed by atoms with van der Waals surface area (Å²) >= 11 is 1.50. The number of quaternary nitrogens is 1. The molecule has 0 unspecified atom stereocenters. The van der Waals surface area contributed by atoms with Crippen molar-refractivity contribution in [1.82, 2.24) is 6.15 Å². The third-order valence-electron chi connectivity index (χ3n) is 0. The van der Waals surface area contributed by atoms with Crippen molar-refractivity contribution in [2.75, 3.05) is 0 Å². The summed E-state index contributed by atoms with van der Waals surface area (Å²) in [5.74, 6) is 0. The molecule has 4 heteroatoms. The van der Waals surface area contributed by atoms with Gasteiger partial charge in [-0.05, 0) is 0 Å². The van der Waals surface area contributed by atoms with Crippen molar-refractivity contribution in [3.8, 4) is 0 Å². The number of hydrogen-bond donors (Lipinski definition) is 1. The van der Waals surface area contributed by atoms with Gasteiger partial charge >= 0.3 is 22.6 Å². The van der Waals surface area contributed by atoms with Crippen LogP contribution in [0.5, 0.6) is 0 Å². The molecule has 0 amide bonds. The molecule has 0 rings (SSSR count). The average Bonchev–Trinajstić information content (AvgIpc) is 1.00. The predicted octanol–water partition coefficient (Wildman–Crippen LogP) is -2.74. The Morgan fingerprint density at radius 1 is 1.25 bits per heavy atom. The maximum atomic E-state index is 8.10. The van der Waals surface area contributed by atoms with Crippen LogP contribution < -0.4 is 18.6 Å². The molecule has 0 saturated carbocycles. The van der Waals surface area contributed by atoms with Gasteiger partial charge < -0.3 is 18.6 Å². The first kappa shape index (κ1) is 22.1. The minimum atomic E-state index is 0. The van der Waals surface area contributed by atoms with Gasteiger partial charge in [0.2, 0.25) is 0 Å². The third-order valence-corrected chi connectivity index (χ3v) is 0. The van der Waals surface area contributed by atoms with Gasteiger partial charge in [0, 0.05) is 0 Å². The average molecular weight is 176 g/mol. The van der Waals surface area contributed by atoms with Gasteiger partial charge in [-0.1, -0.05) is 0 Å². The van der Waals surface area contributed by atoms with Crippen LogP contribution in [0, 0.1) is 0 Å². The Hall–Kier alpha value is 0.712. The number of rotatable bonds is 0. The van der Waals surface area contributed by atoms with Gasteiger partial charge in [-0.15, -0.1) is 0 Å². The van der Waals surface area contributed by atoms with E-state index in [2.05, 4.69) is 0 Å². The molecule has 0 spiro atoms. The molecule has 4 heavy (non-hydrogen) atoms. The summed E-state index contributed by atoms with van der Waals surface area (Å²) in [6, 6.07) is 0. The Morgan fingerprint density at radius 3 is 1.25 bits per heavy atom. The van der Waals surface area contributed by atoms with E-state index in [1.54, 1.807) is 0 Å². The maximum absolute atomic E-state index is 8.10. The second-order valence-corrected chi connectivity index (χ2v) is 0. The van der Waals surface area contributed by atoms with Crippen molar-refractivity contribution in [1.29, 1.82) is 0 Å². The Balaban J connectivity index is -0.00000000500. The molecule has 4 N–H and O–H groups in total. The van der Waals surface area contributed by atoms with Crippen molar-refractivity contribution in [3.05, 3.63) is 0 Å². The summed E-state index contributed by atoms with van der Waals surface area (Å²) in [5, 5.41) is 0. The monoisotopic (exact) mass is 175 g/mol. The van der Waals surface area contributed by atoms with Gasteiger partial charge in [0.15, 0.2) is 0 Å². The molecular weight excluding hydrogens is 172 g/mol. The molecular formula is H4ClNOPd. The molecule has 0 aliphatic rings. The van der Waals surface area contributed by atoms with Crippen LogP contribution in [0.3, 0.4) is 0 Å². The van der Waals surface area contributed by atoms with Crippen molar-refractivity contribution in [2.24, 2.45) is 0 Å². The fraction of sp³-hybridized carbons (Fsp3) is 0. The summed E-state index contributed by atoms with van der Waals surface area (Å²) in [6.07, 6.45) is 0. The van der Waals surface area contributed by atoms with Gasteiger partial charge in [0.25, 0.3) is 0 Å². The van der Waals surface area contributed by atoms with Gasteiger partial charge in [0.05, 0.1) is 0 Å². The van der Waals surface area contributed by atoms with E-state index in [1.807, 2.05) is 0 Å². The van der Waals surface area contributed by atoms with Crippen molar-refractivity contribution in [3.63, 3.8) is 0 Å². The molecule has 0 atom stereocenters. The molecule has 2 nitrogen and oxygen atoms in total. The van der Waals surface area contributed by atoms with Crippen molar-refractivity contribution < 1.29 is 35.0 Å². The first-order valence-electron chi connectivity index (χ1n) is 0.129. The van der Waals surface area contributed by atoms with E-state index in [1.165, 1.54) is 19.2 Å². The summed E-state index contributed by atoms with van der Waals surface area (Å²) in [5.41, 5.74) is 0. The molecule has 0 fully saturated rings. The predicted molar refractivity (Wildman–Crippen MR) is 6.67 cm³/mol. The van der Waals surface area contributed by atoms with Crippen LogP contribution in [-0.2, 0) is 22.6 Å². The Kier molecular flexibility index (Phi) is 298. The zero-order valence-corrected chi connectivity index (χ0v) is 4.41. The van der Waals surface area contributed by atoms with Crippen LogP contribution in [0.2, 0.25) is 0 Å². The Morgan fingerprint density at radius 2 is 1.25 bits per heavy atom. The molecule has 0 saturated heterocycles. The van der Waals surface area contributed by atoms with Crippen molar-refractivity contribution in [2.45, 2.75) is 0 Å². The summed E-state index contributed by atoms with van der Waals surface area (Å²) < 4.78 is 8.10. The molecule has 0 bridgehead atoms. The van der Waals surface area contributed by atoms with Gasteiger partial charge in [-0.2, -0.15) is 0 Å². The zero-order valence-electron chi connectivity index (χ0n) is 2.10. The summed E-state index contributed by atoms with van der Waals surface area (Å²) in [4.78, 5) is 0. The normalized spacial score (nSPS) is 1.50. The van der Waals surface area contributed by atoms with Gasteiger partial charge in [-0.25, -0.2) is 0 Å². The Labute approximate surface area is 41.6 Å². The third kappa shape index (κ3) is 15.7. The summed E-state index contributed by atoms with van der Waals surface area (Å²) in [6.45, 7) is 0. The standard InChI is InChI=1S/ClH.H3N.O.Pd/h1H;1H3;;. The van der Waals surface area contributed by atoms with Crippen LogP contribution >= 0.6 is 0 Å². The van der Waals surface area contributed by atoms with Crippen LogP contribution in [0.1, 0.15) is 0 Å². The quantitative estimate of drug-likeness (QED) is 0.400. The fourth-order valence-electron chi connectivity index (χ4n) is 0. The molecule has 0 aromatic rings. The topological polar surface area (TPSA) is 53.6 Å². The fourth-order valence-corrected chi connectivity index (χ4v) is 0. The second kappa shape index (κ2) is 53.8. The molecule has 0 radical (unpaired) electrons. The van der Waals surface area contributed by atoms with E-state index < -0.39 is 0 Å². The first-order valence-corrected chi connectivity index (χ1v) is 0.764. The number of halogens is 1. The molecule has 0 aliphatic carbocycles. The van der Waals surface area contributed by atoms with Crippen molar-refractivity contribution >= 4 is 0 Å². The van der Waals surface area contributed by atoms with E-state index in [0.29, 0.717) is 0 Å². The van der Waals surface area contributed by atoms with Gasteiger partial charge in [0.1, 0.15) is 0 Å². The molecule has 0 aromatic heterocycles. The molecule has 0 aromatic carbocycles. The van der Waals surface area contributed by atoms with Gasteiger partial charge in [-0.3, -0.25) is 0 Å². The van der Waals surface area contributed by atoms with Crippen LogP contribution in [0.4, 0.5) is 0 Å². The first-order chi connectivity index (χ1) is 1.00. The zero-order chi connectivity index (χ0) is 2.00. The van der Waals surface area contributed by atoms with E-state index >= 15 is 0 Å². The van der Waals surface area contributed by atoms with Crippen LogP contribution in [0.15, 0.2) is 0 Å². The van der Waals surface area contributed by atoms with E-state index in [0.717, 1.165) is 0 Å².